The molecule has 0 saturated carbocycles. The first-order valence-electron chi connectivity index (χ1n) is 7.77. The first-order valence-corrected chi connectivity index (χ1v) is 7.77. The Labute approximate surface area is 133 Å². The van der Waals surface area contributed by atoms with E-state index in [1.807, 2.05) is 18.7 Å². The molecule has 21 heavy (non-hydrogen) atoms. The van der Waals surface area contributed by atoms with Crippen LogP contribution in [0, 0.1) is 10.8 Å². The van der Waals surface area contributed by atoms with Gasteiger partial charge in [-0.3, -0.25) is 9.59 Å². The SMILES string of the molecule is CCC(CC)(CN)C(=O)N1CCCC2(CNC(=O)C2)C1.Cl. The zero-order chi connectivity index (χ0) is 14.8. The average Bonchev–Trinajstić information content (AvgIpc) is 2.82. The molecule has 5 nitrogen and oxygen atoms in total. The summed E-state index contributed by atoms with van der Waals surface area (Å²) >= 11 is 0. The fourth-order valence-corrected chi connectivity index (χ4v) is 3.69. The molecule has 0 aromatic rings. The van der Waals surface area contributed by atoms with E-state index in [0.29, 0.717) is 26.1 Å². The Morgan fingerprint density at radius 1 is 1.43 bits per heavy atom. The molecule has 1 atom stereocenters. The van der Waals surface area contributed by atoms with Gasteiger partial charge >= 0.3 is 0 Å². The molecule has 0 aromatic heterocycles. The monoisotopic (exact) mass is 317 g/mol. The minimum absolute atomic E-state index is 0. The van der Waals surface area contributed by atoms with Gasteiger partial charge in [-0.2, -0.15) is 0 Å². The number of nitrogens with zero attached hydrogens (tertiary/aromatic N) is 1. The molecule has 2 heterocycles. The standard InChI is InChI=1S/C15H27N3O2.ClH/c1-3-15(4-2,9-16)13(20)18-7-5-6-14(11-18)8-12(19)17-10-14;/h3-11,16H2,1-2H3,(H,17,19);1H. The number of rotatable bonds is 4. The van der Waals surface area contributed by atoms with Crippen LogP contribution < -0.4 is 11.1 Å². The van der Waals surface area contributed by atoms with Gasteiger partial charge in [0, 0.05) is 38.0 Å². The van der Waals surface area contributed by atoms with Crippen LogP contribution in [0.25, 0.3) is 0 Å². The molecule has 2 saturated heterocycles. The van der Waals surface area contributed by atoms with Gasteiger partial charge in [0.2, 0.25) is 11.8 Å². The molecule has 2 amide bonds. The van der Waals surface area contributed by atoms with Gasteiger partial charge in [-0.1, -0.05) is 13.8 Å². The predicted octanol–water partition coefficient (Wildman–Crippen LogP) is 1.30. The second-order valence-corrected chi connectivity index (χ2v) is 6.48. The summed E-state index contributed by atoms with van der Waals surface area (Å²) in [5, 5.41) is 2.92. The van der Waals surface area contributed by atoms with Gasteiger partial charge in [0.25, 0.3) is 0 Å². The highest BCUT2D eigenvalue weighted by Crippen LogP contribution is 2.38. The van der Waals surface area contributed by atoms with E-state index in [9.17, 15) is 9.59 Å². The van der Waals surface area contributed by atoms with Crippen LogP contribution >= 0.6 is 12.4 Å². The lowest BCUT2D eigenvalue weighted by Crippen LogP contribution is -2.53. The number of nitrogens with two attached hydrogens (primary N) is 1. The number of carbonyl (C=O) groups is 2. The smallest absolute Gasteiger partial charge is 0.230 e. The highest BCUT2D eigenvalue weighted by molar-refractivity contribution is 5.85. The van der Waals surface area contributed by atoms with Gasteiger partial charge in [0.05, 0.1) is 5.41 Å². The number of halogens is 1. The van der Waals surface area contributed by atoms with E-state index in [4.69, 9.17) is 5.73 Å². The highest BCUT2D eigenvalue weighted by Gasteiger charge is 2.45. The van der Waals surface area contributed by atoms with Crippen LogP contribution in [0.4, 0.5) is 0 Å². The fourth-order valence-electron chi connectivity index (χ4n) is 3.69. The molecular formula is C15H28ClN3O2. The lowest BCUT2D eigenvalue weighted by molar-refractivity contribution is -0.146. The number of hydrogen-bond donors (Lipinski definition) is 2. The molecule has 0 radical (unpaired) electrons. The van der Waals surface area contributed by atoms with Crippen molar-refractivity contribution < 1.29 is 9.59 Å². The van der Waals surface area contributed by atoms with Crippen LogP contribution in [0.1, 0.15) is 46.0 Å². The normalized spacial score (nSPS) is 25.7. The van der Waals surface area contributed by atoms with Crippen LogP contribution in [0.5, 0.6) is 0 Å². The Morgan fingerprint density at radius 2 is 2.10 bits per heavy atom. The minimum atomic E-state index is -0.422. The van der Waals surface area contributed by atoms with Crippen LogP contribution in [0.15, 0.2) is 0 Å². The third kappa shape index (κ3) is 3.34. The van der Waals surface area contributed by atoms with Crippen molar-refractivity contribution in [1.82, 2.24) is 10.2 Å². The number of amides is 2. The Balaban J connectivity index is 0.00000220. The quantitative estimate of drug-likeness (QED) is 0.820. The predicted molar refractivity (Wildman–Crippen MR) is 85.2 cm³/mol. The van der Waals surface area contributed by atoms with Crippen molar-refractivity contribution in [2.24, 2.45) is 16.6 Å². The molecule has 1 unspecified atom stereocenters. The molecular weight excluding hydrogens is 290 g/mol. The second-order valence-electron chi connectivity index (χ2n) is 6.48. The summed E-state index contributed by atoms with van der Waals surface area (Å²) in [6, 6.07) is 0. The molecule has 2 fully saturated rings. The highest BCUT2D eigenvalue weighted by atomic mass is 35.5. The Kier molecular flexibility index (Phi) is 6.05. The van der Waals surface area contributed by atoms with Gasteiger partial charge < -0.3 is 16.0 Å². The van der Waals surface area contributed by atoms with E-state index in [2.05, 4.69) is 5.32 Å². The molecule has 6 heteroatoms. The van der Waals surface area contributed by atoms with Crippen molar-refractivity contribution in [3.63, 3.8) is 0 Å². The summed E-state index contributed by atoms with van der Waals surface area (Å²) < 4.78 is 0. The van der Waals surface area contributed by atoms with Crippen molar-refractivity contribution in [3.8, 4) is 0 Å². The Morgan fingerprint density at radius 3 is 2.57 bits per heavy atom. The molecule has 2 aliphatic rings. The number of carbonyl (C=O) groups excluding carboxylic acids is 2. The van der Waals surface area contributed by atoms with Gasteiger partial charge in [-0.05, 0) is 25.7 Å². The minimum Gasteiger partial charge on any atom is -0.355 e. The van der Waals surface area contributed by atoms with E-state index >= 15 is 0 Å². The number of piperidine rings is 1. The summed E-state index contributed by atoms with van der Waals surface area (Å²) in [7, 11) is 0. The van der Waals surface area contributed by atoms with E-state index < -0.39 is 5.41 Å². The van der Waals surface area contributed by atoms with Crippen LogP contribution in [-0.4, -0.2) is 42.9 Å². The van der Waals surface area contributed by atoms with Crippen LogP contribution in [0.3, 0.4) is 0 Å². The molecule has 1 spiro atoms. The number of hydrogen-bond acceptors (Lipinski definition) is 3. The summed E-state index contributed by atoms with van der Waals surface area (Å²) in [6.07, 6.45) is 4.13. The van der Waals surface area contributed by atoms with Crippen molar-refractivity contribution in [2.75, 3.05) is 26.2 Å². The number of nitrogens with one attached hydrogen (secondary N) is 1. The van der Waals surface area contributed by atoms with E-state index in [1.54, 1.807) is 0 Å². The first kappa shape index (κ1) is 18.2. The van der Waals surface area contributed by atoms with E-state index in [-0.39, 0.29) is 29.6 Å². The zero-order valence-electron chi connectivity index (χ0n) is 13.1. The summed E-state index contributed by atoms with van der Waals surface area (Å²) in [4.78, 5) is 26.4. The van der Waals surface area contributed by atoms with Gasteiger partial charge in [0.15, 0.2) is 0 Å². The van der Waals surface area contributed by atoms with Crippen molar-refractivity contribution in [1.29, 1.82) is 0 Å². The van der Waals surface area contributed by atoms with Crippen molar-refractivity contribution in [2.45, 2.75) is 46.0 Å². The lowest BCUT2D eigenvalue weighted by atomic mass is 9.76. The summed E-state index contributed by atoms with van der Waals surface area (Å²) in [5.74, 6) is 0.304. The van der Waals surface area contributed by atoms with Crippen LogP contribution in [-0.2, 0) is 9.59 Å². The Hall–Kier alpha value is -0.810. The summed E-state index contributed by atoms with van der Waals surface area (Å²) in [5.41, 5.74) is 5.43. The third-order valence-corrected chi connectivity index (χ3v) is 5.34. The molecule has 2 aliphatic heterocycles. The molecule has 3 N–H and O–H groups in total. The maximum Gasteiger partial charge on any atom is 0.230 e. The molecule has 0 aromatic carbocycles. The average molecular weight is 318 g/mol. The maximum atomic E-state index is 12.9. The van der Waals surface area contributed by atoms with Gasteiger partial charge in [0.1, 0.15) is 0 Å². The van der Waals surface area contributed by atoms with Crippen molar-refractivity contribution in [3.05, 3.63) is 0 Å². The molecule has 122 valence electrons. The topological polar surface area (TPSA) is 75.4 Å². The zero-order valence-corrected chi connectivity index (χ0v) is 13.9. The summed E-state index contributed by atoms with van der Waals surface area (Å²) in [6.45, 7) is 6.69. The van der Waals surface area contributed by atoms with Crippen molar-refractivity contribution >= 4 is 24.2 Å². The second kappa shape index (κ2) is 6.97. The van der Waals surface area contributed by atoms with E-state index in [1.165, 1.54) is 0 Å². The largest absolute Gasteiger partial charge is 0.355 e. The molecule has 2 rings (SSSR count). The Bertz CT molecular complexity index is 390. The molecule has 0 aliphatic carbocycles. The van der Waals surface area contributed by atoms with Gasteiger partial charge in [-0.15, -0.1) is 12.4 Å². The van der Waals surface area contributed by atoms with Crippen LogP contribution in [0.2, 0.25) is 0 Å². The third-order valence-electron chi connectivity index (χ3n) is 5.34. The van der Waals surface area contributed by atoms with E-state index in [0.717, 1.165) is 32.2 Å². The fraction of sp³-hybridized carbons (Fsp3) is 0.867. The first-order chi connectivity index (χ1) is 9.51. The molecule has 0 bridgehead atoms. The maximum absolute atomic E-state index is 12.9. The van der Waals surface area contributed by atoms with Gasteiger partial charge in [-0.25, -0.2) is 0 Å². The lowest BCUT2D eigenvalue weighted by Gasteiger charge is -2.43. The number of likely N-dealkylation sites (tertiary alicyclic amines) is 1.